The van der Waals surface area contributed by atoms with Crippen LogP contribution < -0.4 is 10.6 Å². The van der Waals surface area contributed by atoms with Crippen LogP contribution >= 0.6 is 12.6 Å². The molecule has 0 bridgehead atoms. The monoisotopic (exact) mass is 484 g/mol. The summed E-state index contributed by atoms with van der Waals surface area (Å²) in [7, 11) is 0. The first-order valence-corrected chi connectivity index (χ1v) is 12.2. The zero-order valence-corrected chi connectivity index (χ0v) is 20.6. The second-order valence-electron chi connectivity index (χ2n) is 8.65. The molecule has 1 aliphatic carbocycles. The van der Waals surface area contributed by atoms with Gasteiger partial charge in [0.1, 0.15) is 18.7 Å². The van der Waals surface area contributed by atoms with Crippen LogP contribution in [0.2, 0.25) is 0 Å². The molecule has 2 aromatic rings. The second kappa shape index (κ2) is 11.9. The highest BCUT2D eigenvalue weighted by atomic mass is 32.1. The predicted octanol–water partition coefficient (Wildman–Crippen LogP) is 3.92. The number of hydrogen-bond donors (Lipinski definition) is 3. The van der Waals surface area contributed by atoms with Gasteiger partial charge in [-0.3, -0.25) is 4.79 Å². The fourth-order valence-electron chi connectivity index (χ4n) is 4.18. The van der Waals surface area contributed by atoms with E-state index in [-0.39, 0.29) is 30.8 Å². The van der Waals surface area contributed by atoms with E-state index in [1.54, 1.807) is 6.92 Å². The number of benzene rings is 2. The fourth-order valence-corrected chi connectivity index (χ4v) is 4.43. The van der Waals surface area contributed by atoms with Gasteiger partial charge in [-0.1, -0.05) is 62.4 Å². The maximum Gasteiger partial charge on any atom is 0.407 e. The number of nitrogens with one attached hydrogen (secondary N) is 2. The lowest BCUT2D eigenvalue weighted by molar-refractivity contribution is -0.148. The minimum atomic E-state index is -0.955. The van der Waals surface area contributed by atoms with Gasteiger partial charge in [-0.15, -0.1) is 0 Å². The van der Waals surface area contributed by atoms with Gasteiger partial charge < -0.3 is 20.1 Å². The summed E-state index contributed by atoms with van der Waals surface area (Å²) in [5.74, 6) is -0.876. The first kappa shape index (κ1) is 25.6. The molecule has 0 aliphatic heterocycles. The molecule has 0 unspecified atom stereocenters. The molecular formula is C26H32N2O5S. The average molecular weight is 485 g/mol. The molecule has 3 rings (SSSR count). The van der Waals surface area contributed by atoms with Gasteiger partial charge in [-0.2, -0.15) is 12.6 Å². The van der Waals surface area contributed by atoms with E-state index < -0.39 is 30.1 Å². The van der Waals surface area contributed by atoms with Crippen molar-refractivity contribution in [2.45, 2.75) is 45.2 Å². The number of rotatable bonds is 10. The highest BCUT2D eigenvalue weighted by molar-refractivity contribution is 7.80. The van der Waals surface area contributed by atoms with Crippen molar-refractivity contribution in [1.82, 2.24) is 10.6 Å². The van der Waals surface area contributed by atoms with Gasteiger partial charge in [0.25, 0.3) is 0 Å². The summed E-state index contributed by atoms with van der Waals surface area (Å²) in [5.41, 5.74) is 4.47. The number of alkyl carbamates (subject to hydrolysis) is 1. The van der Waals surface area contributed by atoms with Gasteiger partial charge in [-0.25, -0.2) is 9.59 Å². The van der Waals surface area contributed by atoms with Crippen LogP contribution in [0.15, 0.2) is 48.5 Å². The Morgan fingerprint density at radius 3 is 2.03 bits per heavy atom. The minimum absolute atomic E-state index is 0.0489. The predicted molar refractivity (Wildman–Crippen MR) is 134 cm³/mol. The number of esters is 1. The number of carbonyl (C=O) groups is 3. The summed E-state index contributed by atoms with van der Waals surface area (Å²) < 4.78 is 10.6. The van der Waals surface area contributed by atoms with E-state index >= 15 is 0 Å². The van der Waals surface area contributed by atoms with Crippen molar-refractivity contribution in [1.29, 1.82) is 0 Å². The van der Waals surface area contributed by atoms with Gasteiger partial charge in [0.15, 0.2) is 0 Å². The fraction of sp³-hybridized carbons (Fsp3) is 0.423. The van der Waals surface area contributed by atoms with Crippen LogP contribution in [0.3, 0.4) is 0 Å². The van der Waals surface area contributed by atoms with Gasteiger partial charge >= 0.3 is 12.1 Å². The van der Waals surface area contributed by atoms with E-state index in [1.165, 1.54) is 0 Å². The van der Waals surface area contributed by atoms with Crippen molar-refractivity contribution in [3.8, 4) is 11.1 Å². The summed E-state index contributed by atoms with van der Waals surface area (Å²) in [6, 6.07) is 14.4. The van der Waals surface area contributed by atoms with Gasteiger partial charge in [-0.05, 0) is 41.5 Å². The quantitative estimate of drug-likeness (QED) is 0.351. The van der Waals surface area contributed by atoms with Gasteiger partial charge in [0.2, 0.25) is 5.91 Å². The number of carbonyl (C=O) groups excluding carboxylic acids is 3. The number of amides is 2. The van der Waals surface area contributed by atoms with E-state index in [9.17, 15) is 14.4 Å². The van der Waals surface area contributed by atoms with Crippen molar-refractivity contribution in [3.05, 3.63) is 59.7 Å². The van der Waals surface area contributed by atoms with Crippen molar-refractivity contribution in [2.75, 3.05) is 19.0 Å². The Morgan fingerprint density at radius 2 is 1.50 bits per heavy atom. The maximum absolute atomic E-state index is 12.8. The van der Waals surface area contributed by atoms with Crippen LogP contribution in [0.4, 0.5) is 4.79 Å². The topological polar surface area (TPSA) is 93.7 Å². The van der Waals surface area contributed by atoms with Gasteiger partial charge in [0, 0.05) is 11.7 Å². The molecule has 182 valence electrons. The van der Waals surface area contributed by atoms with Crippen LogP contribution in [0.5, 0.6) is 0 Å². The lowest BCUT2D eigenvalue weighted by Crippen LogP contribution is -2.53. The normalized spacial score (nSPS) is 14.0. The van der Waals surface area contributed by atoms with Crippen molar-refractivity contribution < 1.29 is 23.9 Å². The molecule has 0 saturated heterocycles. The van der Waals surface area contributed by atoms with Crippen LogP contribution in [-0.2, 0) is 19.1 Å². The minimum Gasteiger partial charge on any atom is -0.464 e. The van der Waals surface area contributed by atoms with E-state index in [1.807, 2.05) is 50.2 Å². The van der Waals surface area contributed by atoms with Crippen molar-refractivity contribution >= 4 is 30.6 Å². The SMILES string of the molecule is CCOC(=O)[C@H](CC(C)C)NC(=O)[C@H](CS)NC(=O)OCC1c2ccccc2-c2ccccc21. The summed E-state index contributed by atoms with van der Waals surface area (Å²) in [6.07, 6.45) is -0.290. The summed E-state index contributed by atoms with van der Waals surface area (Å²) >= 11 is 4.20. The second-order valence-corrected chi connectivity index (χ2v) is 9.01. The Hall–Kier alpha value is -3.00. The number of hydrogen-bond acceptors (Lipinski definition) is 6. The summed E-state index contributed by atoms with van der Waals surface area (Å²) in [4.78, 5) is 37.5. The zero-order valence-electron chi connectivity index (χ0n) is 19.7. The lowest BCUT2D eigenvalue weighted by Gasteiger charge is -2.23. The molecule has 0 spiro atoms. The first-order valence-electron chi connectivity index (χ1n) is 11.5. The van der Waals surface area contributed by atoms with Crippen LogP contribution in [0, 0.1) is 5.92 Å². The summed E-state index contributed by atoms with van der Waals surface area (Å²) in [5, 5.41) is 5.25. The van der Waals surface area contributed by atoms with Crippen LogP contribution in [-0.4, -0.2) is 49.0 Å². The number of ether oxygens (including phenoxy) is 2. The molecule has 7 nitrogen and oxygen atoms in total. The number of fused-ring (bicyclic) bond motifs is 3. The van der Waals surface area contributed by atoms with Gasteiger partial charge in [0.05, 0.1) is 6.61 Å². The average Bonchev–Trinajstić information content (AvgIpc) is 3.14. The molecule has 2 N–H and O–H groups in total. The highest BCUT2D eigenvalue weighted by Crippen LogP contribution is 2.44. The Balaban J connectivity index is 1.61. The molecule has 0 fully saturated rings. The maximum atomic E-state index is 12.8. The van der Waals surface area contributed by atoms with E-state index in [4.69, 9.17) is 9.47 Å². The molecule has 2 aromatic carbocycles. The Kier molecular flexibility index (Phi) is 8.98. The molecule has 0 heterocycles. The Morgan fingerprint density at radius 1 is 0.912 bits per heavy atom. The molecule has 0 saturated carbocycles. The third-order valence-electron chi connectivity index (χ3n) is 5.73. The molecule has 0 radical (unpaired) electrons. The third kappa shape index (κ3) is 6.11. The Bertz CT molecular complexity index is 980. The molecule has 1 aliphatic rings. The lowest BCUT2D eigenvalue weighted by atomic mass is 9.98. The molecule has 0 aromatic heterocycles. The molecule has 34 heavy (non-hydrogen) atoms. The van der Waals surface area contributed by atoms with Crippen molar-refractivity contribution in [2.24, 2.45) is 5.92 Å². The Labute approximate surface area is 206 Å². The highest BCUT2D eigenvalue weighted by Gasteiger charge is 2.31. The van der Waals surface area contributed by atoms with E-state index in [0.29, 0.717) is 6.42 Å². The summed E-state index contributed by atoms with van der Waals surface area (Å²) in [6.45, 7) is 5.96. The molecule has 2 atom stereocenters. The van der Waals surface area contributed by atoms with E-state index in [2.05, 4.69) is 35.4 Å². The third-order valence-corrected chi connectivity index (χ3v) is 6.09. The van der Waals surface area contributed by atoms with Crippen molar-refractivity contribution in [3.63, 3.8) is 0 Å². The molecule has 2 amide bonds. The molecular weight excluding hydrogens is 452 g/mol. The standard InChI is InChI=1S/C26H32N2O5S/c1-4-32-25(30)22(13-16(2)3)27-24(29)23(15-34)28-26(31)33-14-21-19-11-7-5-9-17(19)18-10-6-8-12-20(18)21/h5-12,16,21-23,34H,4,13-15H2,1-3H3,(H,27,29)(H,28,31)/t22-,23-/m0/s1. The smallest absolute Gasteiger partial charge is 0.407 e. The first-order chi connectivity index (χ1) is 16.3. The largest absolute Gasteiger partial charge is 0.464 e. The van der Waals surface area contributed by atoms with E-state index in [0.717, 1.165) is 22.3 Å². The molecule has 8 heteroatoms. The number of thiol groups is 1. The van der Waals surface area contributed by atoms with Crippen LogP contribution in [0.1, 0.15) is 44.2 Å². The van der Waals surface area contributed by atoms with Crippen LogP contribution in [0.25, 0.3) is 11.1 Å². The zero-order chi connectivity index (χ0) is 24.7.